The van der Waals surface area contributed by atoms with Crippen molar-refractivity contribution in [1.82, 2.24) is 14.6 Å². The number of anilines is 1. The van der Waals surface area contributed by atoms with Crippen LogP contribution in [0.1, 0.15) is 0 Å². The molecule has 106 valence electrons. The molecule has 0 spiro atoms. The molecule has 0 saturated carbocycles. The van der Waals surface area contributed by atoms with Crippen LogP contribution in [0.4, 0.5) is 11.4 Å². The summed E-state index contributed by atoms with van der Waals surface area (Å²) in [5, 5.41) is 22.8. The molecule has 21 heavy (non-hydrogen) atoms. The van der Waals surface area contributed by atoms with Crippen molar-refractivity contribution >= 4 is 28.8 Å². The van der Waals surface area contributed by atoms with E-state index in [1.54, 1.807) is 29.6 Å². The maximum atomic E-state index is 11.3. The number of nitro groups is 1. The van der Waals surface area contributed by atoms with Crippen molar-refractivity contribution in [1.29, 1.82) is 0 Å². The second-order valence-electron chi connectivity index (χ2n) is 4.17. The number of rotatable bonds is 4. The Labute approximate surface area is 124 Å². The molecule has 3 aromatic rings. The maximum Gasteiger partial charge on any atom is 0.306 e. The Morgan fingerprint density at radius 1 is 1.24 bits per heavy atom. The number of nitrogens with zero attached hydrogens (tertiary/aromatic N) is 4. The minimum absolute atomic E-state index is 0.0395. The lowest BCUT2D eigenvalue weighted by molar-refractivity contribution is -0.386. The Morgan fingerprint density at radius 3 is 2.86 bits per heavy atom. The Morgan fingerprint density at radius 2 is 2.10 bits per heavy atom. The molecule has 1 aromatic carbocycles. The minimum Gasteiger partial charge on any atom is -0.383 e. The molecule has 3 rings (SSSR count). The van der Waals surface area contributed by atoms with Crippen LogP contribution in [0.15, 0.2) is 52.6 Å². The number of pyridine rings is 1. The zero-order chi connectivity index (χ0) is 14.8. The third-order valence-electron chi connectivity index (χ3n) is 2.93. The van der Waals surface area contributed by atoms with Gasteiger partial charge in [0, 0.05) is 13.2 Å². The van der Waals surface area contributed by atoms with Crippen molar-refractivity contribution in [3.05, 3.63) is 52.7 Å². The normalized spacial score (nSPS) is 10.7. The number of fused-ring (bicyclic) bond motifs is 1. The fourth-order valence-electron chi connectivity index (χ4n) is 1.98. The molecule has 0 saturated heterocycles. The molecule has 0 amide bonds. The molecule has 0 aliphatic rings. The molecule has 7 nitrogen and oxygen atoms in total. The summed E-state index contributed by atoms with van der Waals surface area (Å²) in [6, 6.07) is 10.7. The zero-order valence-corrected chi connectivity index (χ0v) is 11.9. The zero-order valence-electron chi connectivity index (χ0n) is 11.1. The van der Waals surface area contributed by atoms with E-state index in [1.807, 2.05) is 24.4 Å². The third-order valence-corrected chi connectivity index (χ3v) is 3.94. The van der Waals surface area contributed by atoms with Gasteiger partial charge in [-0.25, -0.2) is 0 Å². The molecule has 0 radical (unpaired) electrons. The lowest BCUT2D eigenvalue weighted by Gasteiger charge is -2.06. The van der Waals surface area contributed by atoms with Gasteiger partial charge in [-0.1, -0.05) is 12.1 Å². The molecule has 2 aromatic heterocycles. The molecule has 1 N–H and O–H groups in total. The van der Waals surface area contributed by atoms with Gasteiger partial charge in [0.1, 0.15) is 5.69 Å². The van der Waals surface area contributed by atoms with Crippen LogP contribution in [0.3, 0.4) is 0 Å². The lowest BCUT2D eigenvalue weighted by atomic mass is 10.3. The van der Waals surface area contributed by atoms with Gasteiger partial charge in [0.05, 0.1) is 9.82 Å². The average molecular weight is 301 g/mol. The highest BCUT2D eigenvalue weighted by atomic mass is 32.2. The van der Waals surface area contributed by atoms with E-state index in [9.17, 15) is 10.1 Å². The summed E-state index contributed by atoms with van der Waals surface area (Å²) in [6.07, 6.45) is 1.82. The van der Waals surface area contributed by atoms with Gasteiger partial charge in [0.2, 0.25) is 5.16 Å². The summed E-state index contributed by atoms with van der Waals surface area (Å²) in [5.74, 6) is 0. The van der Waals surface area contributed by atoms with Gasteiger partial charge in [-0.05, 0) is 36.0 Å². The van der Waals surface area contributed by atoms with E-state index >= 15 is 0 Å². The Balaban J connectivity index is 2.08. The van der Waals surface area contributed by atoms with Crippen molar-refractivity contribution in [2.24, 2.45) is 0 Å². The SMILES string of the molecule is CNc1cccc(Sc2nnc3ccccn23)c1[N+](=O)[O-]. The van der Waals surface area contributed by atoms with Crippen LogP contribution >= 0.6 is 11.8 Å². The summed E-state index contributed by atoms with van der Waals surface area (Å²) in [5.41, 5.74) is 1.21. The standard InChI is InChI=1S/C13H11N5O2S/c1-14-9-5-4-6-10(12(9)18(19)20)21-13-16-15-11-7-2-3-8-17(11)13/h2-8,14H,1H3. The number of para-hydroxylation sites is 1. The van der Waals surface area contributed by atoms with Gasteiger partial charge >= 0.3 is 5.69 Å². The van der Waals surface area contributed by atoms with Crippen LogP contribution in [-0.4, -0.2) is 26.6 Å². The Hall–Kier alpha value is -2.61. The van der Waals surface area contributed by atoms with Crippen LogP contribution in [0.2, 0.25) is 0 Å². The van der Waals surface area contributed by atoms with Crippen LogP contribution < -0.4 is 5.32 Å². The van der Waals surface area contributed by atoms with E-state index in [0.29, 0.717) is 21.4 Å². The van der Waals surface area contributed by atoms with Crippen LogP contribution in [0.25, 0.3) is 5.65 Å². The van der Waals surface area contributed by atoms with Gasteiger partial charge in [0.25, 0.3) is 0 Å². The van der Waals surface area contributed by atoms with E-state index in [4.69, 9.17) is 0 Å². The largest absolute Gasteiger partial charge is 0.383 e. The Kier molecular flexibility index (Phi) is 3.44. The number of hydrogen-bond acceptors (Lipinski definition) is 6. The van der Waals surface area contributed by atoms with Crippen molar-refractivity contribution in [3.63, 3.8) is 0 Å². The highest BCUT2D eigenvalue weighted by Gasteiger charge is 2.21. The van der Waals surface area contributed by atoms with Crippen molar-refractivity contribution in [2.45, 2.75) is 10.1 Å². The minimum atomic E-state index is -0.391. The molecule has 2 heterocycles. The third kappa shape index (κ3) is 2.40. The summed E-state index contributed by atoms with van der Waals surface area (Å²) in [4.78, 5) is 11.4. The first kappa shape index (κ1) is 13.4. The molecule has 0 atom stereocenters. The first-order chi connectivity index (χ1) is 10.2. The van der Waals surface area contributed by atoms with Crippen LogP contribution in [-0.2, 0) is 0 Å². The second kappa shape index (κ2) is 5.41. The predicted octanol–water partition coefficient (Wildman–Crippen LogP) is 2.83. The van der Waals surface area contributed by atoms with Crippen molar-refractivity contribution in [3.8, 4) is 0 Å². The topological polar surface area (TPSA) is 85.4 Å². The van der Waals surface area contributed by atoms with E-state index in [1.165, 1.54) is 11.8 Å². The number of hydrogen-bond donors (Lipinski definition) is 1. The van der Waals surface area contributed by atoms with Crippen molar-refractivity contribution < 1.29 is 4.92 Å². The number of nitrogens with one attached hydrogen (secondary N) is 1. The molecule has 0 bridgehead atoms. The van der Waals surface area contributed by atoms with Gasteiger partial charge in [-0.15, -0.1) is 10.2 Å². The highest BCUT2D eigenvalue weighted by Crippen LogP contribution is 2.38. The average Bonchev–Trinajstić information content (AvgIpc) is 2.90. The molecular weight excluding hydrogens is 290 g/mol. The Bertz CT molecular complexity index is 817. The first-order valence-corrected chi connectivity index (χ1v) is 6.95. The monoisotopic (exact) mass is 301 g/mol. The number of aromatic nitrogens is 3. The fraction of sp³-hybridized carbons (Fsp3) is 0.0769. The second-order valence-corrected chi connectivity index (χ2v) is 5.18. The molecule has 0 aliphatic carbocycles. The van der Waals surface area contributed by atoms with E-state index < -0.39 is 4.92 Å². The lowest BCUT2D eigenvalue weighted by Crippen LogP contribution is -1.98. The van der Waals surface area contributed by atoms with Crippen LogP contribution in [0.5, 0.6) is 0 Å². The summed E-state index contributed by atoms with van der Waals surface area (Å²) < 4.78 is 1.79. The van der Waals surface area contributed by atoms with Gasteiger partial charge in [0.15, 0.2) is 5.65 Å². The summed E-state index contributed by atoms with van der Waals surface area (Å²) in [6.45, 7) is 0. The molecular formula is C13H11N5O2S. The molecule has 8 heteroatoms. The molecule has 0 fully saturated rings. The van der Waals surface area contributed by atoms with E-state index in [-0.39, 0.29) is 5.69 Å². The number of nitro benzene ring substituents is 1. The van der Waals surface area contributed by atoms with Crippen LogP contribution in [0, 0.1) is 10.1 Å². The number of benzene rings is 1. The molecule has 0 unspecified atom stereocenters. The first-order valence-electron chi connectivity index (χ1n) is 6.13. The van der Waals surface area contributed by atoms with Gasteiger partial charge in [-0.2, -0.15) is 0 Å². The predicted molar refractivity (Wildman–Crippen MR) is 79.8 cm³/mol. The van der Waals surface area contributed by atoms with E-state index in [2.05, 4.69) is 15.5 Å². The quantitative estimate of drug-likeness (QED) is 0.589. The highest BCUT2D eigenvalue weighted by molar-refractivity contribution is 7.99. The maximum absolute atomic E-state index is 11.3. The van der Waals surface area contributed by atoms with Gasteiger partial charge in [-0.3, -0.25) is 14.5 Å². The summed E-state index contributed by atoms with van der Waals surface area (Å²) in [7, 11) is 1.66. The van der Waals surface area contributed by atoms with Crippen molar-refractivity contribution in [2.75, 3.05) is 12.4 Å². The van der Waals surface area contributed by atoms with E-state index in [0.717, 1.165) is 0 Å². The smallest absolute Gasteiger partial charge is 0.306 e. The van der Waals surface area contributed by atoms with Gasteiger partial charge < -0.3 is 5.32 Å². The summed E-state index contributed by atoms with van der Waals surface area (Å²) >= 11 is 1.22. The fourth-order valence-corrected chi connectivity index (χ4v) is 2.94. The molecule has 0 aliphatic heterocycles.